The van der Waals surface area contributed by atoms with E-state index in [0.29, 0.717) is 0 Å². The molecule has 0 aromatic heterocycles. The van der Waals surface area contributed by atoms with Gasteiger partial charge in [-0.1, -0.05) is 66.4 Å². The number of rotatable bonds is 2. The Balaban J connectivity index is 1.93. The molecule has 3 aromatic rings. The zero-order valence-corrected chi connectivity index (χ0v) is 13.3. The summed E-state index contributed by atoms with van der Waals surface area (Å²) in [6.45, 7) is 0. The van der Waals surface area contributed by atoms with Crippen molar-refractivity contribution in [2.75, 3.05) is 0 Å². The predicted octanol–water partition coefficient (Wildman–Crippen LogP) is 5.44. The van der Waals surface area contributed by atoms with Crippen LogP contribution in [0, 0.1) is 23.5 Å². The van der Waals surface area contributed by atoms with Gasteiger partial charge in [0, 0.05) is 16.0 Å². The maximum Gasteiger partial charge on any atom is 0.0321 e. The minimum atomic E-state index is 0.900. The predicted molar refractivity (Wildman–Crippen MR) is 99.0 cm³/mol. The zero-order valence-electron chi connectivity index (χ0n) is 12.5. The molecule has 0 unspecified atom stereocenters. The Morgan fingerprint density at radius 1 is 0.696 bits per heavy atom. The molecule has 0 atom stereocenters. The first-order chi connectivity index (χ1) is 11.4. The molecule has 0 aliphatic rings. The highest BCUT2D eigenvalue weighted by molar-refractivity contribution is 8.04. The Morgan fingerprint density at radius 2 is 1.35 bits per heavy atom. The van der Waals surface area contributed by atoms with Crippen molar-refractivity contribution in [1.82, 2.24) is 0 Å². The van der Waals surface area contributed by atoms with E-state index in [0.717, 1.165) is 27.1 Å². The summed E-state index contributed by atoms with van der Waals surface area (Å²) in [5, 5.41) is 3.18. The van der Waals surface area contributed by atoms with Crippen LogP contribution < -0.4 is 0 Å². The molecule has 0 saturated carbocycles. The fraction of sp³-hybridized carbons (Fsp3) is 0. The topological polar surface area (TPSA) is 0 Å². The van der Waals surface area contributed by atoms with Crippen molar-refractivity contribution in [1.29, 1.82) is 0 Å². The van der Waals surface area contributed by atoms with Gasteiger partial charge >= 0.3 is 0 Å². The third kappa shape index (κ3) is 3.67. The van der Waals surface area contributed by atoms with Crippen molar-refractivity contribution in [2.45, 2.75) is 4.90 Å². The molecule has 23 heavy (non-hydrogen) atoms. The molecule has 3 aromatic carbocycles. The molecule has 0 nitrogen and oxygen atoms in total. The molecule has 0 aliphatic carbocycles. The van der Waals surface area contributed by atoms with Crippen molar-refractivity contribution in [3.63, 3.8) is 0 Å². The molecule has 0 aliphatic heterocycles. The van der Waals surface area contributed by atoms with Crippen LogP contribution >= 0.6 is 11.8 Å². The summed E-state index contributed by atoms with van der Waals surface area (Å²) in [5.74, 6) is 5.93. The number of hydrogen-bond acceptors (Lipinski definition) is 1. The van der Waals surface area contributed by atoms with Crippen molar-refractivity contribution >= 4 is 11.8 Å². The Morgan fingerprint density at radius 3 is 2.13 bits per heavy atom. The van der Waals surface area contributed by atoms with Crippen LogP contribution in [0.2, 0.25) is 0 Å². The smallest absolute Gasteiger partial charge is 0.0321 e. The van der Waals surface area contributed by atoms with Gasteiger partial charge in [0.1, 0.15) is 0 Å². The molecular weight excluding hydrogens is 296 g/mol. The van der Waals surface area contributed by atoms with Crippen LogP contribution in [0.3, 0.4) is 0 Å². The standard InChI is InChI=1S/C22H14S/c1-2-19-12-6-7-13-20(19)21-14-8-9-15-22(21)23-17-16-18-10-4-3-5-11-18/h1,3-15H. The van der Waals surface area contributed by atoms with Gasteiger partial charge < -0.3 is 0 Å². The van der Waals surface area contributed by atoms with Gasteiger partial charge in [-0.2, -0.15) is 0 Å². The normalized spacial score (nSPS) is 9.52. The molecule has 0 fully saturated rings. The average molecular weight is 310 g/mol. The van der Waals surface area contributed by atoms with E-state index in [1.807, 2.05) is 60.7 Å². The van der Waals surface area contributed by atoms with Crippen molar-refractivity contribution in [3.05, 3.63) is 90.0 Å². The first-order valence-corrected chi connectivity index (χ1v) is 8.08. The van der Waals surface area contributed by atoms with Crippen LogP contribution in [0.4, 0.5) is 0 Å². The monoisotopic (exact) mass is 310 g/mol. The molecule has 3 rings (SSSR count). The lowest BCUT2D eigenvalue weighted by atomic mass is 10.0. The fourth-order valence-electron chi connectivity index (χ4n) is 2.28. The van der Waals surface area contributed by atoms with Gasteiger partial charge in [0.2, 0.25) is 0 Å². The fourth-order valence-corrected chi connectivity index (χ4v) is 3.00. The highest BCUT2D eigenvalue weighted by Gasteiger charge is 2.07. The summed E-state index contributed by atoms with van der Waals surface area (Å²) in [4.78, 5) is 1.11. The second-order valence-electron chi connectivity index (χ2n) is 4.88. The molecule has 108 valence electrons. The molecule has 0 saturated heterocycles. The van der Waals surface area contributed by atoms with E-state index in [1.54, 1.807) is 0 Å². The maximum absolute atomic E-state index is 5.63. The molecule has 1 heteroatoms. The average Bonchev–Trinajstić information content (AvgIpc) is 2.63. The molecule has 0 heterocycles. The summed E-state index contributed by atoms with van der Waals surface area (Å²) in [6.07, 6.45) is 5.63. The van der Waals surface area contributed by atoms with E-state index in [2.05, 4.69) is 35.3 Å². The van der Waals surface area contributed by atoms with Crippen LogP contribution in [-0.4, -0.2) is 0 Å². The summed E-state index contributed by atoms with van der Waals surface area (Å²) in [7, 11) is 0. The van der Waals surface area contributed by atoms with Gasteiger partial charge in [-0.15, -0.1) is 6.42 Å². The summed E-state index contributed by atoms with van der Waals surface area (Å²) < 4.78 is 0. The van der Waals surface area contributed by atoms with Gasteiger partial charge in [0.15, 0.2) is 0 Å². The number of terminal acetylenes is 1. The lowest BCUT2D eigenvalue weighted by molar-refractivity contribution is 1.44. The van der Waals surface area contributed by atoms with Crippen molar-refractivity contribution < 1.29 is 0 Å². The lowest BCUT2D eigenvalue weighted by Gasteiger charge is -2.08. The van der Waals surface area contributed by atoms with E-state index in [9.17, 15) is 0 Å². The van der Waals surface area contributed by atoms with Gasteiger partial charge in [-0.25, -0.2) is 0 Å². The summed E-state index contributed by atoms with van der Waals surface area (Å²) in [5.41, 5.74) is 4.10. The van der Waals surface area contributed by atoms with E-state index < -0.39 is 0 Å². The second-order valence-corrected chi connectivity index (χ2v) is 5.73. The van der Waals surface area contributed by atoms with Crippen LogP contribution in [0.1, 0.15) is 11.1 Å². The summed E-state index contributed by atoms with van der Waals surface area (Å²) >= 11 is 1.53. The number of benzene rings is 3. The SMILES string of the molecule is C#Cc1ccccc1-c1ccccc1SC#Cc1ccccc1. The minimum absolute atomic E-state index is 0.900. The Bertz CT molecular complexity index is 906. The summed E-state index contributed by atoms with van der Waals surface area (Å²) in [6, 6.07) is 26.2. The van der Waals surface area contributed by atoms with E-state index in [4.69, 9.17) is 6.42 Å². The Hall–Kier alpha value is -2.87. The quantitative estimate of drug-likeness (QED) is 0.449. The van der Waals surface area contributed by atoms with Gasteiger partial charge in [0.05, 0.1) is 0 Å². The first-order valence-electron chi connectivity index (χ1n) is 7.26. The van der Waals surface area contributed by atoms with Gasteiger partial charge in [-0.3, -0.25) is 0 Å². The highest BCUT2D eigenvalue weighted by Crippen LogP contribution is 2.32. The molecule has 0 bridgehead atoms. The Labute approximate surface area is 141 Å². The largest absolute Gasteiger partial charge is 0.115 e. The Kier molecular flexibility index (Phi) is 4.85. The second kappa shape index (κ2) is 7.41. The molecule has 0 spiro atoms. The van der Waals surface area contributed by atoms with E-state index in [1.165, 1.54) is 11.8 Å². The number of thioether (sulfide) groups is 1. The van der Waals surface area contributed by atoms with Crippen LogP contribution in [0.5, 0.6) is 0 Å². The van der Waals surface area contributed by atoms with E-state index >= 15 is 0 Å². The maximum atomic E-state index is 5.63. The molecule has 0 amide bonds. The van der Waals surface area contributed by atoms with Crippen LogP contribution in [0.15, 0.2) is 83.8 Å². The highest BCUT2D eigenvalue weighted by atomic mass is 32.2. The minimum Gasteiger partial charge on any atom is -0.115 e. The first kappa shape index (κ1) is 15.0. The van der Waals surface area contributed by atoms with E-state index in [-0.39, 0.29) is 0 Å². The number of hydrogen-bond donors (Lipinski definition) is 0. The lowest BCUT2D eigenvalue weighted by Crippen LogP contribution is -1.86. The third-order valence-corrected chi connectivity index (χ3v) is 4.17. The van der Waals surface area contributed by atoms with Crippen molar-refractivity contribution in [3.8, 4) is 34.6 Å². The molecule has 0 N–H and O–H groups in total. The van der Waals surface area contributed by atoms with Gasteiger partial charge in [-0.05, 0) is 52.4 Å². The third-order valence-electron chi connectivity index (χ3n) is 3.39. The van der Waals surface area contributed by atoms with Crippen LogP contribution in [-0.2, 0) is 0 Å². The zero-order chi connectivity index (χ0) is 15.9. The molecule has 0 radical (unpaired) electrons. The van der Waals surface area contributed by atoms with Crippen molar-refractivity contribution in [2.24, 2.45) is 0 Å². The molecular formula is C22H14S. The van der Waals surface area contributed by atoms with Crippen LogP contribution in [0.25, 0.3) is 11.1 Å². The van der Waals surface area contributed by atoms with Gasteiger partial charge in [0.25, 0.3) is 0 Å².